The Kier molecular flexibility index (Phi) is 3.69. The number of para-hydroxylation sites is 1. The molecule has 0 radical (unpaired) electrons. The average molecular weight is 279 g/mol. The average Bonchev–Trinajstić information content (AvgIpc) is 2.54. The number of aliphatic hydroxyl groups is 2. The SMILES string of the molecule is Cc1cccc2cc(CO)c(-c3ccccc3CO)nc12. The zero-order valence-corrected chi connectivity index (χ0v) is 11.9. The number of pyridine rings is 1. The predicted molar refractivity (Wildman–Crippen MR) is 83.8 cm³/mol. The molecular weight excluding hydrogens is 262 g/mol. The van der Waals surface area contributed by atoms with Crippen LogP contribution >= 0.6 is 0 Å². The van der Waals surface area contributed by atoms with Gasteiger partial charge >= 0.3 is 0 Å². The van der Waals surface area contributed by atoms with Gasteiger partial charge in [0.1, 0.15) is 0 Å². The number of benzene rings is 2. The maximum absolute atomic E-state index is 9.67. The van der Waals surface area contributed by atoms with E-state index >= 15 is 0 Å². The highest BCUT2D eigenvalue weighted by Gasteiger charge is 2.12. The first-order valence-corrected chi connectivity index (χ1v) is 6.94. The second-order valence-electron chi connectivity index (χ2n) is 5.12. The Labute approximate surface area is 123 Å². The van der Waals surface area contributed by atoms with Crippen molar-refractivity contribution in [2.75, 3.05) is 0 Å². The maximum Gasteiger partial charge on any atom is 0.0768 e. The minimum Gasteiger partial charge on any atom is -0.392 e. The van der Waals surface area contributed by atoms with Gasteiger partial charge in [-0.1, -0.05) is 42.5 Å². The van der Waals surface area contributed by atoms with Gasteiger partial charge in [-0.25, -0.2) is 4.98 Å². The van der Waals surface area contributed by atoms with E-state index in [9.17, 15) is 10.2 Å². The molecule has 0 saturated carbocycles. The highest BCUT2D eigenvalue weighted by molar-refractivity contribution is 5.86. The minimum absolute atomic E-state index is 0.0471. The molecular formula is C18H17NO2. The molecule has 0 aliphatic carbocycles. The number of hydrogen-bond donors (Lipinski definition) is 2. The zero-order valence-electron chi connectivity index (χ0n) is 11.9. The van der Waals surface area contributed by atoms with Crippen LogP contribution in [0.3, 0.4) is 0 Å². The van der Waals surface area contributed by atoms with Crippen LogP contribution in [0.1, 0.15) is 16.7 Å². The Hall–Kier alpha value is -2.23. The van der Waals surface area contributed by atoms with Crippen LogP contribution in [0.15, 0.2) is 48.5 Å². The van der Waals surface area contributed by atoms with E-state index in [1.165, 1.54) is 0 Å². The standard InChI is InChI=1S/C18H17NO2/c1-12-5-4-7-13-9-15(11-21)18(19-17(12)13)16-8-3-2-6-14(16)10-20/h2-9,20-21H,10-11H2,1H3. The van der Waals surface area contributed by atoms with Gasteiger partial charge in [0, 0.05) is 16.5 Å². The summed E-state index contributed by atoms with van der Waals surface area (Å²) < 4.78 is 0. The van der Waals surface area contributed by atoms with Gasteiger partial charge in [0.15, 0.2) is 0 Å². The van der Waals surface area contributed by atoms with Crippen molar-refractivity contribution < 1.29 is 10.2 Å². The Balaban J connectivity index is 2.33. The number of rotatable bonds is 3. The lowest BCUT2D eigenvalue weighted by atomic mass is 9.98. The normalized spacial score (nSPS) is 11.0. The number of aliphatic hydroxyl groups excluding tert-OH is 2. The summed E-state index contributed by atoms with van der Waals surface area (Å²) in [7, 11) is 0. The zero-order chi connectivity index (χ0) is 14.8. The molecule has 0 atom stereocenters. The summed E-state index contributed by atoms with van der Waals surface area (Å²) >= 11 is 0. The molecule has 0 bridgehead atoms. The Morgan fingerprint density at radius 3 is 2.43 bits per heavy atom. The summed E-state index contributed by atoms with van der Waals surface area (Å²) in [5.41, 5.74) is 5.22. The summed E-state index contributed by atoms with van der Waals surface area (Å²) in [4.78, 5) is 4.75. The summed E-state index contributed by atoms with van der Waals surface area (Å²) in [6.07, 6.45) is 0. The lowest BCUT2D eigenvalue weighted by Crippen LogP contribution is -1.98. The molecule has 1 heterocycles. The summed E-state index contributed by atoms with van der Waals surface area (Å²) in [5, 5.41) is 20.2. The van der Waals surface area contributed by atoms with E-state index in [1.807, 2.05) is 55.5 Å². The van der Waals surface area contributed by atoms with Gasteiger partial charge in [0.05, 0.1) is 24.4 Å². The third-order valence-corrected chi connectivity index (χ3v) is 3.74. The molecule has 106 valence electrons. The molecule has 21 heavy (non-hydrogen) atoms. The molecule has 2 aromatic carbocycles. The summed E-state index contributed by atoms with van der Waals surface area (Å²) in [6, 6.07) is 15.6. The predicted octanol–water partition coefficient (Wildman–Crippen LogP) is 3.19. The first-order valence-electron chi connectivity index (χ1n) is 6.94. The van der Waals surface area contributed by atoms with Crippen LogP contribution < -0.4 is 0 Å². The monoisotopic (exact) mass is 279 g/mol. The van der Waals surface area contributed by atoms with Gasteiger partial charge in [-0.3, -0.25) is 0 Å². The Morgan fingerprint density at radius 2 is 1.67 bits per heavy atom. The third-order valence-electron chi connectivity index (χ3n) is 3.74. The molecule has 3 heteroatoms. The molecule has 0 fully saturated rings. The molecule has 0 spiro atoms. The fourth-order valence-corrected chi connectivity index (χ4v) is 2.63. The van der Waals surface area contributed by atoms with Gasteiger partial charge in [0.25, 0.3) is 0 Å². The Morgan fingerprint density at radius 1 is 0.905 bits per heavy atom. The van der Waals surface area contributed by atoms with Crippen molar-refractivity contribution in [3.8, 4) is 11.3 Å². The molecule has 0 saturated heterocycles. The first kappa shape index (κ1) is 13.7. The van der Waals surface area contributed by atoms with Crippen LogP contribution in [0, 0.1) is 6.92 Å². The second kappa shape index (κ2) is 5.64. The molecule has 3 aromatic rings. The lowest BCUT2D eigenvalue weighted by molar-refractivity contribution is 0.280. The molecule has 0 unspecified atom stereocenters. The molecule has 1 aromatic heterocycles. The van der Waals surface area contributed by atoms with E-state index in [2.05, 4.69) is 0 Å². The van der Waals surface area contributed by atoms with E-state index in [1.54, 1.807) is 0 Å². The van der Waals surface area contributed by atoms with E-state index in [0.29, 0.717) is 0 Å². The molecule has 3 nitrogen and oxygen atoms in total. The number of aromatic nitrogens is 1. The highest BCUT2D eigenvalue weighted by atomic mass is 16.3. The maximum atomic E-state index is 9.67. The number of aryl methyl sites for hydroxylation is 1. The lowest BCUT2D eigenvalue weighted by Gasteiger charge is -2.13. The van der Waals surface area contributed by atoms with E-state index in [-0.39, 0.29) is 13.2 Å². The van der Waals surface area contributed by atoms with Crippen molar-refractivity contribution >= 4 is 10.9 Å². The van der Waals surface area contributed by atoms with Crippen molar-refractivity contribution in [3.63, 3.8) is 0 Å². The van der Waals surface area contributed by atoms with Crippen LogP contribution in [0.5, 0.6) is 0 Å². The first-order chi connectivity index (χ1) is 10.2. The summed E-state index contributed by atoms with van der Waals surface area (Å²) in [5.74, 6) is 0. The van der Waals surface area contributed by atoms with Crippen LogP contribution in [-0.2, 0) is 13.2 Å². The van der Waals surface area contributed by atoms with E-state index in [0.717, 1.165) is 38.9 Å². The van der Waals surface area contributed by atoms with Gasteiger partial charge in [0.2, 0.25) is 0 Å². The van der Waals surface area contributed by atoms with Gasteiger partial charge in [-0.2, -0.15) is 0 Å². The van der Waals surface area contributed by atoms with Crippen LogP contribution in [-0.4, -0.2) is 15.2 Å². The fourth-order valence-electron chi connectivity index (χ4n) is 2.63. The largest absolute Gasteiger partial charge is 0.392 e. The molecule has 3 rings (SSSR count). The van der Waals surface area contributed by atoms with Crippen LogP contribution in [0.4, 0.5) is 0 Å². The van der Waals surface area contributed by atoms with Crippen molar-refractivity contribution in [3.05, 3.63) is 65.2 Å². The van der Waals surface area contributed by atoms with Crippen molar-refractivity contribution in [1.29, 1.82) is 0 Å². The molecule has 2 N–H and O–H groups in total. The van der Waals surface area contributed by atoms with Crippen LogP contribution in [0.2, 0.25) is 0 Å². The van der Waals surface area contributed by atoms with Crippen molar-refractivity contribution in [1.82, 2.24) is 4.98 Å². The number of nitrogens with zero attached hydrogens (tertiary/aromatic N) is 1. The second-order valence-corrected chi connectivity index (χ2v) is 5.12. The van der Waals surface area contributed by atoms with Crippen molar-refractivity contribution in [2.45, 2.75) is 20.1 Å². The molecule has 0 aliphatic heterocycles. The topological polar surface area (TPSA) is 53.4 Å². The third kappa shape index (κ3) is 2.42. The van der Waals surface area contributed by atoms with Gasteiger partial charge < -0.3 is 10.2 Å². The molecule has 0 amide bonds. The number of fused-ring (bicyclic) bond motifs is 1. The van der Waals surface area contributed by atoms with Crippen molar-refractivity contribution in [2.24, 2.45) is 0 Å². The smallest absolute Gasteiger partial charge is 0.0768 e. The molecule has 0 aliphatic rings. The Bertz CT molecular complexity index is 796. The number of hydrogen-bond acceptors (Lipinski definition) is 3. The highest BCUT2D eigenvalue weighted by Crippen LogP contribution is 2.29. The minimum atomic E-state index is -0.0774. The van der Waals surface area contributed by atoms with Gasteiger partial charge in [-0.05, 0) is 24.1 Å². The fraction of sp³-hybridized carbons (Fsp3) is 0.167. The van der Waals surface area contributed by atoms with E-state index in [4.69, 9.17) is 4.98 Å². The van der Waals surface area contributed by atoms with E-state index < -0.39 is 0 Å². The quantitative estimate of drug-likeness (QED) is 0.774. The van der Waals surface area contributed by atoms with Gasteiger partial charge in [-0.15, -0.1) is 0 Å². The summed E-state index contributed by atoms with van der Waals surface area (Å²) in [6.45, 7) is 1.90. The van der Waals surface area contributed by atoms with Crippen LogP contribution in [0.25, 0.3) is 22.2 Å².